The number of aromatic nitrogens is 3. The number of ether oxygens (including phenoxy) is 2. The number of halogens is 1. The number of rotatable bonds is 4. The number of benzene rings is 3. The topological polar surface area (TPSA) is 75.4 Å². The molecule has 0 unspecified atom stereocenters. The Bertz CT molecular complexity index is 1560. The maximum Gasteiger partial charge on any atom is 0.280 e. The molecule has 0 saturated carbocycles. The molecule has 170 valence electrons. The molecule has 0 fully saturated rings. The van der Waals surface area contributed by atoms with Crippen LogP contribution >= 0.6 is 15.9 Å². The normalized spacial score (nSPS) is 11.2. The second-order valence-corrected chi connectivity index (χ2v) is 8.68. The number of carbonyl (C=O) groups excluding carboxylic acids is 2. The number of hydrogen-bond donors (Lipinski definition) is 0. The Labute approximate surface area is 203 Å². The van der Waals surface area contributed by atoms with Gasteiger partial charge >= 0.3 is 0 Å². The van der Waals surface area contributed by atoms with Crippen LogP contribution in [0.25, 0.3) is 21.9 Å². The van der Waals surface area contributed by atoms with Crippen LogP contribution in [-0.2, 0) is 0 Å². The second kappa shape index (κ2) is 8.46. The summed E-state index contributed by atoms with van der Waals surface area (Å²) in [6, 6.07) is 19.3. The Morgan fingerprint density at radius 2 is 1.38 bits per heavy atom. The van der Waals surface area contributed by atoms with Gasteiger partial charge in [0.05, 0.1) is 30.8 Å². The first kappa shape index (κ1) is 21.9. The molecule has 0 saturated heterocycles. The average Bonchev–Trinajstić information content (AvgIpc) is 3.38. The molecular weight excluding hydrogens is 498 g/mol. The van der Waals surface area contributed by atoms with Gasteiger partial charge in [-0.1, -0.05) is 15.9 Å². The minimum atomic E-state index is -0.341. The van der Waals surface area contributed by atoms with Gasteiger partial charge in [-0.15, -0.1) is 0 Å². The SMILES string of the molecule is COc1ccc(C(=O)n2nc(C)c3c4cc(Br)ccc4n(C(=O)c4ccc(OC)cc4)c32)cc1. The largest absolute Gasteiger partial charge is 0.497 e. The molecule has 0 radical (unpaired) electrons. The van der Waals surface area contributed by atoms with E-state index in [0.717, 1.165) is 15.2 Å². The fourth-order valence-electron chi connectivity index (χ4n) is 4.12. The fraction of sp³-hybridized carbons (Fsp3) is 0.115. The van der Waals surface area contributed by atoms with Gasteiger partial charge in [-0.2, -0.15) is 9.78 Å². The predicted octanol–water partition coefficient (Wildman–Crippen LogP) is 5.46. The average molecular weight is 518 g/mol. The monoisotopic (exact) mass is 517 g/mol. The fourth-order valence-corrected chi connectivity index (χ4v) is 4.48. The van der Waals surface area contributed by atoms with Gasteiger partial charge < -0.3 is 9.47 Å². The van der Waals surface area contributed by atoms with Crippen LogP contribution in [0.3, 0.4) is 0 Å². The molecule has 2 aromatic heterocycles. The van der Waals surface area contributed by atoms with E-state index in [-0.39, 0.29) is 11.8 Å². The van der Waals surface area contributed by atoms with E-state index in [1.54, 1.807) is 67.3 Å². The Hall–Kier alpha value is -3.91. The molecule has 0 spiro atoms. The summed E-state index contributed by atoms with van der Waals surface area (Å²) in [5.41, 5.74) is 2.66. The Balaban J connectivity index is 1.77. The summed E-state index contributed by atoms with van der Waals surface area (Å²) in [5, 5.41) is 6.12. The van der Waals surface area contributed by atoms with Crippen molar-refractivity contribution >= 4 is 49.7 Å². The molecule has 0 aliphatic heterocycles. The standard InChI is InChI=1S/C26H20BrN3O4/c1-15-23-21-14-18(27)8-13-22(21)29(25(31)16-4-9-19(33-2)10-5-16)24(23)30(28-15)26(32)17-6-11-20(34-3)12-7-17/h4-14H,1-3H3. The van der Waals surface area contributed by atoms with E-state index in [1.165, 1.54) is 4.68 Å². The van der Waals surface area contributed by atoms with Crippen molar-refractivity contribution < 1.29 is 19.1 Å². The number of carbonyl (C=O) groups is 2. The van der Waals surface area contributed by atoms with E-state index in [2.05, 4.69) is 21.0 Å². The van der Waals surface area contributed by atoms with Crippen LogP contribution in [0.2, 0.25) is 0 Å². The molecular formula is C26H20BrN3O4. The zero-order valence-electron chi connectivity index (χ0n) is 18.7. The first-order valence-corrected chi connectivity index (χ1v) is 11.3. The van der Waals surface area contributed by atoms with Gasteiger partial charge in [0.1, 0.15) is 11.5 Å². The van der Waals surface area contributed by atoms with Crippen molar-refractivity contribution in [2.45, 2.75) is 6.92 Å². The third kappa shape index (κ3) is 3.47. The number of hydrogen-bond acceptors (Lipinski definition) is 5. The number of fused-ring (bicyclic) bond motifs is 3. The van der Waals surface area contributed by atoms with E-state index in [4.69, 9.17) is 9.47 Å². The van der Waals surface area contributed by atoms with E-state index in [9.17, 15) is 9.59 Å². The van der Waals surface area contributed by atoms with Crippen LogP contribution in [0.4, 0.5) is 0 Å². The first-order chi connectivity index (χ1) is 16.4. The lowest BCUT2D eigenvalue weighted by molar-refractivity contribution is 0.0945. The molecule has 0 aliphatic rings. The predicted molar refractivity (Wildman–Crippen MR) is 133 cm³/mol. The van der Waals surface area contributed by atoms with Crippen LogP contribution < -0.4 is 9.47 Å². The molecule has 0 bridgehead atoms. The first-order valence-electron chi connectivity index (χ1n) is 10.5. The van der Waals surface area contributed by atoms with Crippen molar-refractivity contribution in [3.63, 3.8) is 0 Å². The maximum atomic E-state index is 13.8. The quantitative estimate of drug-likeness (QED) is 0.316. The van der Waals surface area contributed by atoms with E-state index >= 15 is 0 Å². The molecule has 5 rings (SSSR count). The van der Waals surface area contributed by atoms with Crippen LogP contribution in [0, 0.1) is 6.92 Å². The molecule has 0 amide bonds. The third-order valence-electron chi connectivity index (χ3n) is 5.79. The van der Waals surface area contributed by atoms with Crippen LogP contribution in [0.5, 0.6) is 11.5 Å². The van der Waals surface area contributed by atoms with Gasteiger partial charge in [-0.05, 0) is 73.7 Å². The van der Waals surface area contributed by atoms with Gasteiger partial charge in [0.15, 0.2) is 5.65 Å². The molecule has 0 N–H and O–H groups in total. The second-order valence-electron chi connectivity index (χ2n) is 7.76. The minimum absolute atomic E-state index is 0.270. The summed E-state index contributed by atoms with van der Waals surface area (Å²) >= 11 is 3.52. The summed E-state index contributed by atoms with van der Waals surface area (Å²) in [7, 11) is 3.14. The molecule has 8 heteroatoms. The number of aryl methyl sites for hydroxylation is 1. The van der Waals surface area contributed by atoms with Gasteiger partial charge in [-0.25, -0.2) is 0 Å². The van der Waals surface area contributed by atoms with Crippen LogP contribution in [0.1, 0.15) is 26.4 Å². The minimum Gasteiger partial charge on any atom is -0.497 e. The van der Waals surface area contributed by atoms with Gasteiger partial charge in [0, 0.05) is 21.0 Å². The van der Waals surface area contributed by atoms with E-state index in [0.29, 0.717) is 39.5 Å². The highest BCUT2D eigenvalue weighted by atomic mass is 79.9. The molecule has 5 aromatic rings. The van der Waals surface area contributed by atoms with Crippen molar-refractivity contribution in [1.29, 1.82) is 0 Å². The van der Waals surface area contributed by atoms with Crippen LogP contribution in [-0.4, -0.2) is 40.4 Å². The highest BCUT2D eigenvalue weighted by Crippen LogP contribution is 2.34. The molecule has 3 aromatic carbocycles. The molecule has 34 heavy (non-hydrogen) atoms. The molecule has 0 atom stereocenters. The number of methoxy groups -OCH3 is 2. The summed E-state index contributed by atoms with van der Waals surface area (Å²) in [5.74, 6) is 0.686. The lowest BCUT2D eigenvalue weighted by atomic mass is 10.2. The smallest absolute Gasteiger partial charge is 0.280 e. The van der Waals surface area contributed by atoms with Crippen LogP contribution in [0.15, 0.2) is 71.2 Å². The summed E-state index contributed by atoms with van der Waals surface area (Å²) in [6.45, 7) is 1.84. The highest BCUT2D eigenvalue weighted by molar-refractivity contribution is 9.10. The van der Waals surface area contributed by atoms with Gasteiger partial charge in [0.2, 0.25) is 0 Å². The number of nitrogens with zero attached hydrogens (tertiary/aromatic N) is 3. The van der Waals surface area contributed by atoms with Gasteiger partial charge in [-0.3, -0.25) is 14.2 Å². The molecule has 7 nitrogen and oxygen atoms in total. The van der Waals surface area contributed by atoms with Crippen molar-refractivity contribution in [2.24, 2.45) is 0 Å². The van der Waals surface area contributed by atoms with Crippen molar-refractivity contribution in [1.82, 2.24) is 14.3 Å². The van der Waals surface area contributed by atoms with Crippen molar-refractivity contribution in [3.8, 4) is 11.5 Å². The van der Waals surface area contributed by atoms with Gasteiger partial charge in [0.25, 0.3) is 11.8 Å². The van der Waals surface area contributed by atoms with Crippen molar-refractivity contribution in [3.05, 3.63) is 88.0 Å². The molecule has 2 heterocycles. The maximum absolute atomic E-state index is 13.8. The summed E-state index contributed by atoms with van der Waals surface area (Å²) in [4.78, 5) is 27.3. The lowest BCUT2D eigenvalue weighted by Gasteiger charge is -2.09. The Morgan fingerprint density at radius 1 is 0.824 bits per heavy atom. The third-order valence-corrected chi connectivity index (χ3v) is 6.28. The zero-order valence-corrected chi connectivity index (χ0v) is 20.3. The Morgan fingerprint density at radius 3 is 1.94 bits per heavy atom. The van der Waals surface area contributed by atoms with E-state index < -0.39 is 0 Å². The Kier molecular flexibility index (Phi) is 5.45. The van der Waals surface area contributed by atoms with Crippen molar-refractivity contribution in [2.75, 3.05) is 14.2 Å². The lowest BCUT2D eigenvalue weighted by Crippen LogP contribution is -2.19. The highest BCUT2D eigenvalue weighted by Gasteiger charge is 2.26. The summed E-state index contributed by atoms with van der Waals surface area (Å²) < 4.78 is 14.2. The van der Waals surface area contributed by atoms with E-state index in [1.807, 2.05) is 25.1 Å². The molecule has 0 aliphatic carbocycles. The zero-order chi connectivity index (χ0) is 24.0. The summed E-state index contributed by atoms with van der Waals surface area (Å²) in [6.07, 6.45) is 0.